The molecule has 0 radical (unpaired) electrons. The van der Waals surface area contributed by atoms with E-state index in [4.69, 9.17) is 4.74 Å². The molecule has 0 aromatic heterocycles. The smallest absolute Gasteiger partial charge is 0.306 e. The number of unbranched alkanes of at least 4 members (excludes halogenated alkanes) is 4. The predicted molar refractivity (Wildman–Crippen MR) is 85.1 cm³/mol. The first-order valence-corrected chi connectivity index (χ1v) is 8.39. The van der Waals surface area contributed by atoms with E-state index in [1.807, 2.05) is 0 Å². The van der Waals surface area contributed by atoms with E-state index in [0.29, 0.717) is 12.7 Å². The van der Waals surface area contributed by atoms with Crippen molar-refractivity contribution in [2.75, 3.05) is 6.61 Å². The summed E-state index contributed by atoms with van der Waals surface area (Å²) in [5.74, 6) is -4.97. The standard InChI is InChI=1S/C18H23F3O4/c1-2-3-4-5-6-11-24-16(22)9-10-17(23)25-12-13-14(19)7-8-15(20)18(13)21/h7-8H,2-6,9-12H2,1H3. The van der Waals surface area contributed by atoms with Gasteiger partial charge in [0.05, 0.1) is 25.0 Å². The van der Waals surface area contributed by atoms with E-state index in [-0.39, 0.29) is 12.8 Å². The first kappa shape index (κ1) is 21.0. The summed E-state index contributed by atoms with van der Waals surface area (Å²) in [6.45, 7) is 1.67. The molecule has 0 bridgehead atoms. The highest BCUT2D eigenvalue weighted by molar-refractivity contribution is 5.77. The first-order chi connectivity index (χ1) is 12.0. The molecule has 0 unspecified atom stereocenters. The Balaban J connectivity index is 2.23. The largest absolute Gasteiger partial charge is 0.466 e. The molecule has 140 valence electrons. The van der Waals surface area contributed by atoms with Gasteiger partial charge in [-0.25, -0.2) is 13.2 Å². The lowest BCUT2D eigenvalue weighted by atomic mass is 10.2. The number of esters is 2. The predicted octanol–water partition coefficient (Wildman–Crippen LogP) is 4.44. The van der Waals surface area contributed by atoms with Gasteiger partial charge in [0.25, 0.3) is 0 Å². The summed E-state index contributed by atoms with van der Waals surface area (Å²) in [4.78, 5) is 23.0. The van der Waals surface area contributed by atoms with Crippen LogP contribution in [0.25, 0.3) is 0 Å². The number of carbonyl (C=O) groups is 2. The Hall–Kier alpha value is -2.05. The van der Waals surface area contributed by atoms with E-state index < -0.39 is 41.6 Å². The van der Waals surface area contributed by atoms with Gasteiger partial charge in [0.15, 0.2) is 11.6 Å². The molecular weight excluding hydrogens is 337 g/mol. The maximum Gasteiger partial charge on any atom is 0.306 e. The molecule has 0 amide bonds. The van der Waals surface area contributed by atoms with Crippen molar-refractivity contribution >= 4 is 11.9 Å². The quantitative estimate of drug-likeness (QED) is 0.333. The van der Waals surface area contributed by atoms with Gasteiger partial charge in [-0.1, -0.05) is 32.6 Å². The zero-order valence-corrected chi connectivity index (χ0v) is 14.3. The highest BCUT2D eigenvalue weighted by Crippen LogP contribution is 2.17. The van der Waals surface area contributed by atoms with Crippen LogP contribution in [0, 0.1) is 17.5 Å². The van der Waals surface area contributed by atoms with Crippen LogP contribution in [-0.2, 0) is 25.7 Å². The molecule has 0 saturated carbocycles. The Kier molecular flexibility index (Phi) is 9.65. The molecule has 0 aliphatic carbocycles. The molecule has 0 atom stereocenters. The Morgan fingerprint density at radius 3 is 2.16 bits per heavy atom. The van der Waals surface area contributed by atoms with Crippen molar-refractivity contribution in [1.82, 2.24) is 0 Å². The van der Waals surface area contributed by atoms with E-state index >= 15 is 0 Å². The highest BCUT2D eigenvalue weighted by atomic mass is 19.2. The molecule has 0 aliphatic heterocycles. The zero-order valence-electron chi connectivity index (χ0n) is 14.3. The zero-order chi connectivity index (χ0) is 18.7. The van der Waals surface area contributed by atoms with E-state index in [0.717, 1.165) is 38.2 Å². The molecule has 7 heteroatoms. The Morgan fingerprint density at radius 1 is 0.880 bits per heavy atom. The van der Waals surface area contributed by atoms with Crippen LogP contribution in [0.3, 0.4) is 0 Å². The maximum atomic E-state index is 13.4. The maximum absolute atomic E-state index is 13.4. The number of ether oxygens (including phenoxy) is 2. The monoisotopic (exact) mass is 360 g/mol. The number of hydrogen-bond donors (Lipinski definition) is 0. The van der Waals surface area contributed by atoms with Gasteiger partial charge in [0, 0.05) is 0 Å². The SMILES string of the molecule is CCCCCCCOC(=O)CCC(=O)OCc1c(F)ccc(F)c1F. The third kappa shape index (κ3) is 8.05. The number of carbonyl (C=O) groups excluding carboxylic acids is 2. The minimum atomic E-state index is -1.39. The van der Waals surface area contributed by atoms with Gasteiger partial charge in [-0.2, -0.15) is 0 Å². The molecule has 0 fully saturated rings. The Bertz CT molecular complexity index is 576. The second-order valence-corrected chi connectivity index (χ2v) is 5.62. The second kappa shape index (κ2) is 11.5. The second-order valence-electron chi connectivity index (χ2n) is 5.62. The van der Waals surface area contributed by atoms with Gasteiger partial charge in [0.1, 0.15) is 12.4 Å². The minimum absolute atomic E-state index is 0.179. The van der Waals surface area contributed by atoms with Crippen LogP contribution in [0.1, 0.15) is 57.4 Å². The lowest BCUT2D eigenvalue weighted by Crippen LogP contribution is -2.12. The lowest BCUT2D eigenvalue weighted by molar-refractivity contribution is -0.151. The minimum Gasteiger partial charge on any atom is -0.466 e. The number of halogens is 3. The summed E-state index contributed by atoms with van der Waals surface area (Å²) in [7, 11) is 0. The topological polar surface area (TPSA) is 52.6 Å². The molecular formula is C18H23F3O4. The number of rotatable bonds is 11. The molecule has 0 saturated heterocycles. The van der Waals surface area contributed by atoms with E-state index in [1.54, 1.807) is 0 Å². The molecule has 25 heavy (non-hydrogen) atoms. The van der Waals surface area contributed by atoms with Crippen LogP contribution in [0.2, 0.25) is 0 Å². The third-order valence-electron chi connectivity index (χ3n) is 3.56. The van der Waals surface area contributed by atoms with Crippen molar-refractivity contribution in [2.24, 2.45) is 0 Å². The Morgan fingerprint density at radius 2 is 1.48 bits per heavy atom. The highest BCUT2D eigenvalue weighted by Gasteiger charge is 2.16. The molecule has 0 N–H and O–H groups in total. The summed E-state index contributed by atoms with van der Waals surface area (Å²) in [5, 5.41) is 0. The molecule has 4 nitrogen and oxygen atoms in total. The van der Waals surface area contributed by atoms with Gasteiger partial charge < -0.3 is 9.47 Å². The normalized spacial score (nSPS) is 10.6. The molecule has 0 spiro atoms. The first-order valence-electron chi connectivity index (χ1n) is 8.39. The van der Waals surface area contributed by atoms with Crippen molar-refractivity contribution in [3.63, 3.8) is 0 Å². The van der Waals surface area contributed by atoms with Crippen molar-refractivity contribution in [3.05, 3.63) is 35.1 Å². The summed E-state index contributed by atoms with van der Waals surface area (Å²) in [5.41, 5.74) is -0.664. The lowest BCUT2D eigenvalue weighted by Gasteiger charge is -2.08. The van der Waals surface area contributed by atoms with Gasteiger partial charge >= 0.3 is 11.9 Å². The van der Waals surface area contributed by atoms with Gasteiger partial charge in [-0.3, -0.25) is 9.59 Å². The summed E-state index contributed by atoms with van der Waals surface area (Å²) >= 11 is 0. The number of hydrogen-bond acceptors (Lipinski definition) is 4. The van der Waals surface area contributed by atoms with Crippen LogP contribution in [0.4, 0.5) is 13.2 Å². The van der Waals surface area contributed by atoms with Crippen LogP contribution in [-0.4, -0.2) is 18.5 Å². The van der Waals surface area contributed by atoms with E-state index in [1.165, 1.54) is 0 Å². The van der Waals surface area contributed by atoms with E-state index in [9.17, 15) is 22.8 Å². The fraction of sp³-hybridized carbons (Fsp3) is 0.556. The van der Waals surface area contributed by atoms with Crippen molar-refractivity contribution in [3.8, 4) is 0 Å². The summed E-state index contributed by atoms with van der Waals surface area (Å²) in [6, 6.07) is 1.40. The summed E-state index contributed by atoms with van der Waals surface area (Å²) < 4.78 is 49.4. The molecule has 0 aliphatic rings. The van der Waals surface area contributed by atoms with Crippen molar-refractivity contribution < 1.29 is 32.2 Å². The van der Waals surface area contributed by atoms with Crippen LogP contribution in [0.15, 0.2) is 12.1 Å². The van der Waals surface area contributed by atoms with Gasteiger partial charge in [0.2, 0.25) is 0 Å². The van der Waals surface area contributed by atoms with Crippen molar-refractivity contribution in [2.45, 2.75) is 58.5 Å². The molecule has 1 rings (SSSR count). The number of benzene rings is 1. The van der Waals surface area contributed by atoms with Crippen LogP contribution >= 0.6 is 0 Å². The fourth-order valence-corrected chi connectivity index (χ4v) is 2.09. The average molecular weight is 360 g/mol. The average Bonchev–Trinajstić information content (AvgIpc) is 2.59. The van der Waals surface area contributed by atoms with Gasteiger partial charge in [-0.15, -0.1) is 0 Å². The van der Waals surface area contributed by atoms with E-state index in [2.05, 4.69) is 11.7 Å². The molecule has 0 heterocycles. The summed E-state index contributed by atoms with van der Waals surface area (Å²) in [6.07, 6.45) is 4.67. The Labute approximate surface area is 145 Å². The molecule has 1 aromatic carbocycles. The van der Waals surface area contributed by atoms with Gasteiger partial charge in [-0.05, 0) is 18.6 Å². The van der Waals surface area contributed by atoms with Crippen LogP contribution < -0.4 is 0 Å². The third-order valence-corrected chi connectivity index (χ3v) is 3.56. The van der Waals surface area contributed by atoms with Crippen molar-refractivity contribution in [1.29, 1.82) is 0 Å². The van der Waals surface area contributed by atoms with Crippen LogP contribution in [0.5, 0.6) is 0 Å². The molecule has 1 aromatic rings. The fourth-order valence-electron chi connectivity index (χ4n) is 2.09.